The van der Waals surface area contributed by atoms with E-state index in [1.807, 2.05) is 6.92 Å². The van der Waals surface area contributed by atoms with Crippen LogP contribution in [0, 0.1) is 50.2 Å². The molecule has 4 aliphatic heterocycles. The fourth-order valence-corrected chi connectivity index (χ4v) is 16.3. The Morgan fingerprint density at radius 2 is 1.27 bits per heavy atom. The Morgan fingerprint density at radius 3 is 1.92 bits per heavy atom. The van der Waals surface area contributed by atoms with Gasteiger partial charge in [0.05, 0.1) is 43.5 Å². The van der Waals surface area contributed by atoms with Gasteiger partial charge in [0.2, 0.25) is 0 Å². The molecule has 0 radical (unpaired) electrons. The molecule has 4 unspecified atom stereocenters. The van der Waals surface area contributed by atoms with Crippen LogP contribution in [0.5, 0.6) is 0 Å². The minimum atomic E-state index is -2.18. The largest absolute Gasteiger partial charge is 0.481 e. The number of rotatable bonds is 12. The molecular weight excluding hydrogens is 1020 g/mol. The third-order valence-corrected chi connectivity index (χ3v) is 21.5. The maximum Gasteiger partial charge on any atom is 0.335 e. The first-order valence-corrected chi connectivity index (χ1v) is 27.3. The highest BCUT2D eigenvalue weighted by Gasteiger charge is 2.70. The molecule has 5 aliphatic carbocycles. The van der Waals surface area contributed by atoms with Gasteiger partial charge in [-0.15, -0.1) is 0 Å². The summed E-state index contributed by atoms with van der Waals surface area (Å²) < 4.78 is 48.6. The van der Waals surface area contributed by atoms with Gasteiger partial charge in [-0.2, -0.15) is 0 Å². The molecule has 0 aromatic heterocycles. The Balaban J connectivity index is 1.02. The average Bonchev–Trinajstić information content (AvgIpc) is 3.37. The van der Waals surface area contributed by atoms with Gasteiger partial charge in [-0.1, -0.05) is 46.3 Å². The second kappa shape index (κ2) is 21.3. The van der Waals surface area contributed by atoms with Crippen LogP contribution in [0.2, 0.25) is 0 Å². The molecule has 0 bridgehead atoms. The molecule has 9 aliphatic rings. The standard InChI is InChI=1S/C53H84O24/c1-21-30(58)33(61)37(65)44(71-21)77-41-38(74-43-36(64)31(59)24(56)19-70-43)32(60)25(18-54)72-46(41)76-40-35(63)34(62)39(42(66)67)75-45(40)73-29-11-12-50(4)26(51(29,5)20-55)10-13-53(7)27(50)9-8-22-23-16-48(2,47(68)69)17-28(57)49(23,3)14-15-52(22,53)6/h8,21,23-41,43-46,54-65H,9-20H2,1-7H3,(H,66,67)(H,68,69)/t21-,23?,24-,25+,26?,27?,28+,29-,30-,31-,32-,33+,34-,35-,36+,37+,38-,39-,40+,41+,43-,44-,45+,46-,48?,49+,50-,51+,52-,53+/m0/s1. The van der Waals surface area contributed by atoms with Gasteiger partial charge in [-0.05, 0) is 106 Å². The predicted molar refractivity (Wildman–Crippen MR) is 259 cm³/mol. The summed E-state index contributed by atoms with van der Waals surface area (Å²) in [5.41, 5.74) is -2.49. The fraction of sp³-hybridized carbons (Fsp3) is 0.925. The van der Waals surface area contributed by atoms with Crippen molar-refractivity contribution >= 4 is 11.9 Å². The maximum atomic E-state index is 12.7. The summed E-state index contributed by atoms with van der Waals surface area (Å²) in [6, 6.07) is 0. The maximum absolute atomic E-state index is 12.7. The Kier molecular flexibility index (Phi) is 16.4. The molecule has 30 atom stereocenters. The quantitative estimate of drug-likeness (QED) is 0.0760. The molecular formula is C53H84O24. The first kappa shape index (κ1) is 59.5. The fourth-order valence-electron chi connectivity index (χ4n) is 16.3. The SMILES string of the molecule is C[C@@H]1O[C@@H](O[C@H]2[C@H](O[C@H]3[C@H](O[C@H]4CC[C@@]5(C)C(CC[C@]6(C)C5CC=C5C7CC(C)(C(=O)O)C[C@@H](O)[C@]7(C)CC[C@@]56C)[C@@]4(C)CO)O[C@H](C(=O)O)[C@@H](O)[C@@H]3O)O[C@H](CO)[C@H](O)[C@@H]2O[C@@H]2OC[C@H](O)[C@H](O)[C@H]2O)[C@H](O)[C@H](O)[C@H]1O. The molecule has 77 heavy (non-hydrogen) atoms. The summed E-state index contributed by atoms with van der Waals surface area (Å²) in [5, 5.41) is 153. The number of aliphatic hydroxyl groups excluding tert-OH is 12. The number of carboxylic acid groups (broad SMARTS) is 2. The molecule has 0 aromatic rings. The van der Waals surface area contributed by atoms with Crippen molar-refractivity contribution in [1.29, 1.82) is 0 Å². The van der Waals surface area contributed by atoms with E-state index < -0.39 is 182 Å². The lowest BCUT2D eigenvalue weighted by atomic mass is 9.33. The van der Waals surface area contributed by atoms with E-state index in [9.17, 15) is 81.1 Å². The molecule has 24 nitrogen and oxygen atoms in total. The molecule has 24 heteroatoms. The second-order valence-electron chi connectivity index (χ2n) is 25.7. The van der Waals surface area contributed by atoms with Gasteiger partial charge in [0.15, 0.2) is 31.3 Å². The van der Waals surface area contributed by atoms with Gasteiger partial charge < -0.3 is 109 Å². The number of carbonyl (C=O) groups is 2. The molecule has 0 aromatic carbocycles. The van der Waals surface area contributed by atoms with Gasteiger partial charge in [0, 0.05) is 10.8 Å². The van der Waals surface area contributed by atoms with Crippen molar-refractivity contribution in [3.8, 4) is 0 Å². The number of hydrogen-bond donors (Lipinski definition) is 14. The lowest BCUT2D eigenvalue weighted by Crippen LogP contribution is -2.69. The first-order chi connectivity index (χ1) is 36.0. The van der Waals surface area contributed by atoms with E-state index in [0.717, 1.165) is 19.3 Å². The van der Waals surface area contributed by atoms with E-state index in [0.29, 0.717) is 25.7 Å². The van der Waals surface area contributed by atoms with Crippen LogP contribution in [-0.2, 0) is 47.5 Å². The monoisotopic (exact) mass is 1100 g/mol. The van der Waals surface area contributed by atoms with Crippen LogP contribution in [0.1, 0.15) is 106 Å². The summed E-state index contributed by atoms with van der Waals surface area (Å²) >= 11 is 0. The van der Waals surface area contributed by atoms with Crippen molar-refractivity contribution in [1.82, 2.24) is 0 Å². The predicted octanol–water partition coefficient (Wildman–Crippen LogP) is -1.77. The van der Waals surface area contributed by atoms with Crippen LogP contribution in [0.4, 0.5) is 0 Å². The van der Waals surface area contributed by atoms with Crippen LogP contribution in [0.15, 0.2) is 11.6 Å². The molecule has 0 spiro atoms. The Morgan fingerprint density at radius 1 is 0.623 bits per heavy atom. The molecule has 9 rings (SSSR count). The molecule has 8 fully saturated rings. The van der Waals surface area contributed by atoms with Gasteiger partial charge in [0.1, 0.15) is 79.4 Å². The second-order valence-corrected chi connectivity index (χ2v) is 25.7. The Bertz CT molecular complexity index is 2190. The van der Waals surface area contributed by atoms with Crippen molar-refractivity contribution in [2.24, 2.45) is 50.2 Å². The van der Waals surface area contributed by atoms with E-state index in [-0.39, 0.29) is 41.4 Å². The van der Waals surface area contributed by atoms with Crippen molar-refractivity contribution in [3.05, 3.63) is 11.6 Å². The van der Waals surface area contributed by atoms with Gasteiger partial charge >= 0.3 is 11.9 Å². The third-order valence-electron chi connectivity index (χ3n) is 21.5. The zero-order chi connectivity index (χ0) is 56.4. The number of allylic oxidation sites excluding steroid dienone is 2. The molecule has 14 N–H and O–H groups in total. The Hall–Kier alpha value is -2.12. The molecule has 4 saturated heterocycles. The number of ether oxygens (including phenoxy) is 8. The highest BCUT2D eigenvalue weighted by molar-refractivity contribution is 5.74. The normalized spacial score (nSPS) is 55.9. The van der Waals surface area contributed by atoms with Crippen LogP contribution in [0.3, 0.4) is 0 Å². The smallest absolute Gasteiger partial charge is 0.335 e. The van der Waals surface area contributed by atoms with Crippen molar-refractivity contribution in [3.63, 3.8) is 0 Å². The van der Waals surface area contributed by atoms with Crippen LogP contribution in [0.25, 0.3) is 0 Å². The molecule has 0 amide bonds. The van der Waals surface area contributed by atoms with Gasteiger partial charge in [0.25, 0.3) is 0 Å². The highest BCUT2D eigenvalue weighted by Crippen LogP contribution is 2.76. The number of fused-ring (bicyclic) bond motifs is 7. The van der Waals surface area contributed by atoms with Gasteiger partial charge in [-0.25, -0.2) is 4.79 Å². The summed E-state index contributed by atoms with van der Waals surface area (Å²) in [4.78, 5) is 25.4. The summed E-state index contributed by atoms with van der Waals surface area (Å²) in [7, 11) is 0. The van der Waals surface area contributed by atoms with Crippen molar-refractivity contribution < 1.29 is 119 Å². The first-order valence-electron chi connectivity index (χ1n) is 27.3. The number of aliphatic hydroxyl groups is 12. The number of carboxylic acids is 2. The van der Waals surface area contributed by atoms with E-state index in [4.69, 9.17) is 37.9 Å². The minimum Gasteiger partial charge on any atom is -0.481 e. The van der Waals surface area contributed by atoms with Crippen LogP contribution < -0.4 is 0 Å². The third kappa shape index (κ3) is 9.46. The minimum absolute atomic E-state index is 0.0753. The Labute approximate surface area is 446 Å². The van der Waals surface area contributed by atoms with Crippen LogP contribution >= 0.6 is 0 Å². The topological polar surface area (TPSA) is 391 Å². The van der Waals surface area contributed by atoms with Crippen molar-refractivity contribution in [2.75, 3.05) is 19.8 Å². The summed E-state index contributed by atoms with van der Waals surface area (Å²) in [6.07, 6.45) is -29.6. The van der Waals surface area contributed by atoms with E-state index in [1.54, 1.807) is 6.92 Å². The van der Waals surface area contributed by atoms with E-state index >= 15 is 0 Å². The van der Waals surface area contributed by atoms with E-state index in [2.05, 4.69) is 33.8 Å². The molecule has 4 saturated carbocycles. The average molecular weight is 1110 g/mol. The zero-order valence-corrected chi connectivity index (χ0v) is 44.8. The molecule has 440 valence electrons. The highest BCUT2D eigenvalue weighted by atomic mass is 16.8. The lowest BCUT2D eigenvalue weighted by molar-refractivity contribution is -0.408. The zero-order valence-electron chi connectivity index (χ0n) is 44.8. The molecule has 4 heterocycles. The lowest BCUT2D eigenvalue weighted by Gasteiger charge is -2.71. The summed E-state index contributed by atoms with van der Waals surface area (Å²) in [5.74, 6) is -2.88. The van der Waals surface area contributed by atoms with Crippen molar-refractivity contribution in [2.45, 2.75) is 235 Å². The summed E-state index contributed by atoms with van der Waals surface area (Å²) in [6.45, 7) is 12.1. The van der Waals surface area contributed by atoms with E-state index in [1.165, 1.54) is 12.5 Å². The number of hydrogen-bond acceptors (Lipinski definition) is 22. The van der Waals surface area contributed by atoms with Gasteiger partial charge in [-0.3, -0.25) is 4.79 Å². The number of aliphatic carboxylic acids is 2. The van der Waals surface area contributed by atoms with Crippen LogP contribution in [-0.4, -0.2) is 232 Å².